The number of sulfone groups is 1. The number of hydrogen-bond donors (Lipinski definition) is 1. The molecular formula is C25H31Cl2N5O2S. The first-order valence-electron chi connectivity index (χ1n) is 11.7. The molecule has 1 aromatic carbocycles. The zero-order chi connectivity index (χ0) is 25.3. The van der Waals surface area contributed by atoms with Crippen LogP contribution in [0.2, 0.25) is 10.0 Å². The summed E-state index contributed by atoms with van der Waals surface area (Å²) in [5.41, 5.74) is 3.96. The summed E-state index contributed by atoms with van der Waals surface area (Å²) in [6, 6.07) is 7.20. The van der Waals surface area contributed by atoms with E-state index in [4.69, 9.17) is 23.2 Å². The van der Waals surface area contributed by atoms with E-state index in [2.05, 4.69) is 34.1 Å². The summed E-state index contributed by atoms with van der Waals surface area (Å²) >= 11 is 13.1. The van der Waals surface area contributed by atoms with Gasteiger partial charge in [-0.15, -0.1) is 4.21 Å². The molecule has 1 unspecified atom stereocenters. The molecule has 1 saturated heterocycles. The molecule has 1 fully saturated rings. The van der Waals surface area contributed by atoms with E-state index < -0.39 is 10.2 Å². The van der Waals surface area contributed by atoms with Crippen LogP contribution in [0.1, 0.15) is 30.8 Å². The number of hydrogen-bond acceptors (Lipinski definition) is 6. The van der Waals surface area contributed by atoms with Crippen molar-refractivity contribution in [1.82, 2.24) is 20.1 Å². The lowest BCUT2D eigenvalue weighted by Gasteiger charge is -2.28. The van der Waals surface area contributed by atoms with Gasteiger partial charge in [-0.3, -0.25) is 4.68 Å². The van der Waals surface area contributed by atoms with Crippen LogP contribution in [0, 0.1) is 12.8 Å². The Morgan fingerprint density at radius 3 is 2.43 bits per heavy atom. The molecule has 1 atom stereocenters. The largest absolute Gasteiger partial charge is 0.610 e. The number of nitrogens with zero attached hydrogens (tertiary/aromatic N) is 4. The van der Waals surface area contributed by atoms with Crippen LogP contribution in [0.25, 0.3) is 11.1 Å². The summed E-state index contributed by atoms with van der Waals surface area (Å²) < 4.78 is 28.8. The molecule has 0 saturated carbocycles. The number of pyridine rings is 1. The number of benzene rings is 1. The fourth-order valence-electron chi connectivity index (χ4n) is 4.53. The van der Waals surface area contributed by atoms with Crippen LogP contribution < -0.4 is 10.2 Å². The number of aryl methyl sites for hydroxylation is 2. The van der Waals surface area contributed by atoms with E-state index in [1.54, 1.807) is 23.0 Å². The molecule has 10 heteroatoms. The topological polar surface area (TPSA) is 86.1 Å². The number of nitrogens with one attached hydrogen (secondary N) is 1. The normalized spacial score (nSPS) is 16.1. The first-order valence-corrected chi connectivity index (χ1v) is 14.1. The Morgan fingerprint density at radius 2 is 1.80 bits per heavy atom. The third kappa shape index (κ3) is 5.73. The van der Waals surface area contributed by atoms with Gasteiger partial charge in [-0.2, -0.15) is 5.10 Å². The molecule has 1 N–H and O–H groups in total. The highest BCUT2D eigenvalue weighted by molar-refractivity contribution is 7.97. The van der Waals surface area contributed by atoms with Gasteiger partial charge < -0.3 is 14.8 Å². The van der Waals surface area contributed by atoms with Crippen LogP contribution in [-0.4, -0.2) is 45.5 Å². The average Bonchev–Trinajstić information content (AvgIpc) is 3.05. The van der Waals surface area contributed by atoms with Gasteiger partial charge in [-0.25, -0.2) is 4.98 Å². The van der Waals surface area contributed by atoms with Crippen molar-refractivity contribution in [3.8, 4) is 11.1 Å². The van der Waals surface area contributed by atoms with Crippen molar-refractivity contribution in [3.63, 3.8) is 0 Å². The van der Waals surface area contributed by atoms with Gasteiger partial charge in [0.05, 0.1) is 26.0 Å². The van der Waals surface area contributed by atoms with Crippen LogP contribution in [0.15, 0.2) is 35.4 Å². The Morgan fingerprint density at radius 1 is 1.14 bits per heavy atom. The molecule has 1 aliphatic rings. The van der Waals surface area contributed by atoms with Crippen LogP contribution in [0.4, 0.5) is 5.82 Å². The molecule has 0 bridgehead atoms. The molecule has 1 aliphatic heterocycles. The molecule has 4 rings (SSSR count). The third-order valence-electron chi connectivity index (χ3n) is 6.24. The lowest BCUT2D eigenvalue weighted by molar-refractivity contribution is 0.476. The van der Waals surface area contributed by atoms with Gasteiger partial charge in [0.25, 0.3) is 0 Å². The minimum atomic E-state index is -3.81. The minimum absolute atomic E-state index is 0.0419. The van der Waals surface area contributed by atoms with E-state index in [1.165, 1.54) is 0 Å². The highest BCUT2D eigenvalue weighted by Gasteiger charge is 2.31. The quantitative estimate of drug-likeness (QED) is 0.433. The van der Waals surface area contributed by atoms with Crippen molar-refractivity contribution in [1.29, 1.82) is 0 Å². The van der Waals surface area contributed by atoms with E-state index in [9.17, 15) is 8.76 Å². The second-order valence-electron chi connectivity index (χ2n) is 9.40. The predicted octanol–water partition coefficient (Wildman–Crippen LogP) is 4.89. The van der Waals surface area contributed by atoms with E-state index in [0.29, 0.717) is 17.2 Å². The van der Waals surface area contributed by atoms with Crippen molar-refractivity contribution in [3.05, 3.63) is 57.5 Å². The van der Waals surface area contributed by atoms with Crippen molar-refractivity contribution in [2.24, 2.45) is 13.0 Å². The first kappa shape index (κ1) is 26.1. The summed E-state index contributed by atoms with van der Waals surface area (Å²) in [5, 5.41) is 8.02. The van der Waals surface area contributed by atoms with Gasteiger partial charge in [0, 0.05) is 50.7 Å². The number of aromatic nitrogens is 3. The average molecular weight is 537 g/mol. The van der Waals surface area contributed by atoms with Gasteiger partial charge in [0.15, 0.2) is 4.90 Å². The first-order chi connectivity index (χ1) is 16.6. The maximum absolute atomic E-state index is 13.5. The van der Waals surface area contributed by atoms with Gasteiger partial charge in [0.1, 0.15) is 11.6 Å². The number of anilines is 1. The van der Waals surface area contributed by atoms with Gasteiger partial charge in [-0.05, 0) is 54.7 Å². The number of rotatable bonds is 7. The molecule has 7 nitrogen and oxygen atoms in total. The molecule has 3 heterocycles. The fourth-order valence-corrected chi connectivity index (χ4v) is 7.33. The van der Waals surface area contributed by atoms with Crippen molar-refractivity contribution >= 4 is 39.2 Å². The molecule has 3 aromatic rings. The zero-order valence-corrected chi connectivity index (χ0v) is 22.8. The standard InChI is InChI=1S/C25H31Cl2N5O2S/c1-16(2)11-23-20(17(3)30-31(23)4)15-35(33,34)25-21(26)12-19(13-22(25)27)18-5-6-29-24(14-18)32-9-7-28-8-10-32/h5-6,12-14,16,28H,7-11,15H2,1-4H3. The van der Waals surface area contributed by atoms with Crippen molar-refractivity contribution in [2.45, 2.75) is 37.8 Å². The van der Waals surface area contributed by atoms with Crippen LogP contribution in [0.3, 0.4) is 0 Å². The Bertz CT molecular complexity index is 1250. The maximum Gasteiger partial charge on any atom is 0.193 e. The Labute approximate surface area is 218 Å². The Balaban J connectivity index is 1.66. The molecular weight excluding hydrogens is 505 g/mol. The molecule has 2 aromatic heterocycles. The second kappa shape index (κ2) is 10.6. The van der Waals surface area contributed by atoms with Gasteiger partial charge >= 0.3 is 0 Å². The molecule has 0 amide bonds. The molecule has 0 spiro atoms. The lowest BCUT2D eigenvalue weighted by atomic mass is 10.0. The van der Waals surface area contributed by atoms with Crippen molar-refractivity contribution < 1.29 is 8.76 Å². The van der Waals surface area contributed by atoms with E-state index in [-0.39, 0.29) is 20.7 Å². The van der Waals surface area contributed by atoms with E-state index in [1.807, 2.05) is 26.1 Å². The van der Waals surface area contributed by atoms with Crippen molar-refractivity contribution in [2.75, 3.05) is 31.1 Å². The predicted molar refractivity (Wildman–Crippen MR) is 142 cm³/mol. The number of piperazine rings is 1. The minimum Gasteiger partial charge on any atom is -0.610 e. The molecule has 0 radical (unpaired) electrons. The van der Waals surface area contributed by atoms with E-state index >= 15 is 0 Å². The second-order valence-corrected chi connectivity index (χ2v) is 12.1. The molecule has 35 heavy (non-hydrogen) atoms. The smallest absolute Gasteiger partial charge is 0.193 e. The number of halogens is 2. The monoisotopic (exact) mass is 535 g/mol. The molecule has 0 aliphatic carbocycles. The van der Waals surface area contributed by atoms with Crippen LogP contribution in [-0.2, 0) is 33.6 Å². The third-order valence-corrected chi connectivity index (χ3v) is 8.79. The SMILES string of the molecule is Cc1nn(C)c(CC(C)C)c1C[S+](=O)([O-])c1c(Cl)cc(-c2ccnc(N3CCNCC3)c2)cc1Cl. The van der Waals surface area contributed by atoms with E-state index in [0.717, 1.165) is 55.2 Å². The molecule has 188 valence electrons. The summed E-state index contributed by atoms with van der Waals surface area (Å²) in [5.74, 6) is 1.04. The Kier molecular flexibility index (Phi) is 7.88. The maximum atomic E-state index is 13.5. The summed E-state index contributed by atoms with van der Waals surface area (Å²) in [6.07, 6.45) is 2.49. The highest BCUT2D eigenvalue weighted by atomic mass is 35.5. The highest BCUT2D eigenvalue weighted by Crippen LogP contribution is 2.39. The lowest BCUT2D eigenvalue weighted by Crippen LogP contribution is -2.43. The fraction of sp³-hybridized carbons (Fsp3) is 0.440. The summed E-state index contributed by atoms with van der Waals surface area (Å²) in [6.45, 7) is 9.60. The summed E-state index contributed by atoms with van der Waals surface area (Å²) in [7, 11) is -1.96. The van der Waals surface area contributed by atoms with Crippen LogP contribution >= 0.6 is 23.2 Å². The summed E-state index contributed by atoms with van der Waals surface area (Å²) in [4.78, 5) is 6.68. The Hall–Kier alpha value is -1.97. The van der Waals surface area contributed by atoms with Gasteiger partial charge in [-0.1, -0.05) is 37.0 Å². The van der Waals surface area contributed by atoms with Crippen LogP contribution in [0.5, 0.6) is 0 Å². The van der Waals surface area contributed by atoms with Gasteiger partial charge in [0.2, 0.25) is 0 Å². The zero-order valence-electron chi connectivity index (χ0n) is 20.5.